The largest absolute Gasteiger partial charge is 0.451 e. The minimum Gasteiger partial charge on any atom is -0.451 e. The van der Waals surface area contributed by atoms with Crippen molar-refractivity contribution >= 4 is 22.6 Å². The number of likely N-dealkylation sites (tertiary alicyclic amines) is 1. The number of hydrogen-bond acceptors (Lipinski definition) is 4. The quantitative estimate of drug-likeness (QED) is 0.641. The predicted octanol–water partition coefficient (Wildman–Crippen LogP) is 2.75. The van der Waals surface area contributed by atoms with Crippen LogP contribution in [0.1, 0.15) is 23.9 Å². The molecular formula is C15H16N2O3. The number of hydrogen-bond donors (Lipinski definition) is 1. The second-order valence-electron chi connectivity index (χ2n) is 5.14. The lowest BCUT2D eigenvalue weighted by Gasteiger charge is -2.30. The first-order valence-electron chi connectivity index (χ1n) is 6.67. The van der Waals surface area contributed by atoms with Gasteiger partial charge >= 0.3 is 0 Å². The molecule has 104 valence electrons. The van der Waals surface area contributed by atoms with Crippen LogP contribution >= 0.6 is 0 Å². The highest BCUT2D eigenvalue weighted by molar-refractivity contribution is 5.97. The number of benzene rings is 1. The molecule has 1 fully saturated rings. The number of furan rings is 1. The van der Waals surface area contributed by atoms with Gasteiger partial charge in [0, 0.05) is 30.8 Å². The van der Waals surface area contributed by atoms with Crippen molar-refractivity contribution in [3.8, 4) is 0 Å². The minimum atomic E-state index is -0.106. The Morgan fingerprint density at radius 3 is 2.95 bits per heavy atom. The molecule has 2 aromatic rings. The van der Waals surface area contributed by atoms with E-state index in [1.807, 2.05) is 31.2 Å². The maximum Gasteiger partial charge on any atom is 0.289 e. The van der Waals surface area contributed by atoms with Gasteiger partial charge in [-0.3, -0.25) is 4.79 Å². The van der Waals surface area contributed by atoms with Gasteiger partial charge in [0.15, 0.2) is 5.76 Å². The van der Waals surface area contributed by atoms with E-state index in [1.54, 1.807) is 11.0 Å². The lowest BCUT2D eigenvalue weighted by atomic mass is 9.97. The summed E-state index contributed by atoms with van der Waals surface area (Å²) in [4.78, 5) is 14.2. The highest BCUT2D eigenvalue weighted by Crippen LogP contribution is 2.22. The van der Waals surface area contributed by atoms with Crippen molar-refractivity contribution in [1.29, 1.82) is 0 Å². The van der Waals surface area contributed by atoms with Gasteiger partial charge in [0.1, 0.15) is 5.58 Å². The molecule has 1 amide bonds. The van der Waals surface area contributed by atoms with Crippen molar-refractivity contribution in [2.75, 3.05) is 13.1 Å². The molecule has 20 heavy (non-hydrogen) atoms. The molecule has 0 radical (unpaired) electrons. The van der Waals surface area contributed by atoms with E-state index < -0.39 is 0 Å². The number of piperidine rings is 1. The Morgan fingerprint density at radius 2 is 2.25 bits per heavy atom. The molecule has 1 aliphatic heterocycles. The first kappa shape index (κ1) is 12.7. The summed E-state index contributed by atoms with van der Waals surface area (Å²) in [6.45, 7) is 3.06. The third-order valence-corrected chi connectivity index (χ3v) is 3.75. The molecule has 1 unspecified atom stereocenters. The second kappa shape index (κ2) is 5.00. The summed E-state index contributed by atoms with van der Waals surface area (Å²) in [6, 6.07) is 9.34. The van der Waals surface area contributed by atoms with E-state index in [0.717, 1.165) is 16.7 Å². The summed E-state index contributed by atoms with van der Waals surface area (Å²) in [5, 5.41) is 13.1. The van der Waals surface area contributed by atoms with Gasteiger partial charge in [0.2, 0.25) is 0 Å². The Morgan fingerprint density at radius 1 is 1.45 bits per heavy atom. The van der Waals surface area contributed by atoms with Crippen LogP contribution in [0.4, 0.5) is 0 Å². The Labute approximate surface area is 116 Å². The summed E-state index contributed by atoms with van der Waals surface area (Å²) in [7, 11) is 0. The molecule has 1 aliphatic rings. The van der Waals surface area contributed by atoms with Crippen molar-refractivity contribution in [3.05, 3.63) is 36.1 Å². The summed E-state index contributed by atoms with van der Waals surface area (Å²) in [5.74, 6) is 0.329. The highest BCUT2D eigenvalue weighted by Gasteiger charge is 2.28. The fourth-order valence-corrected chi connectivity index (χ4v) is 2.60. The number of fused-ring (bicyclic) bond motifs is 1. The number of oxime groups is 1. The number of nitrogens with zero attached hydrogens (tertiary/aromatic N) is 2. The van der Waals surface area contributed by atoms with E-state index in [2.05, 4.69) is 5.16 Å². The third kappa shape index (κ3) is 2.15. The SMILES string of the molecule is CC1CN(C(=O)c2cc3ccccc3o2)CC/C1=N\O. The summed E-state index contributed by atoms with van der Waals surface area (Å²) >= 11 is 0. The summed E-state index contributed by atoms with van der Waals surface area (Å²) in [5.41, 5.74) is 1.47. The van der Waals surface area contributed by atoms with Gasteiger partial charge in [-0.1, -0.05) is 30.3 Å². The molecule has 0 bridgehead atoms. The number of carbonyl (C=O) groups is 1. The van der Waals surface area contributed by atoms with Gasteiger partial charge in [-0.05, 0) is 12.1 Å². The molecule has 0 aliphatic carbocycles. The monoisotopic (exact) mass is 272 g/mol. The van der Waals surface area contributed by atoms with Gasteiger partial charge < -0.3 is 14.5 Å². The lowest BCUT2D eigenvalue weighted by Crippen LogP contribution is -2.43. The van der Waals surface area contributed by atoms with E-state index in [1.165, 1.54) is 0 Å². The van der Waals surface area contributed by atoms with Crippen LogP contribution in [0, 0.1) is 5.92 Å². The smallest absolute Gasteiger partial charge is 0.289 e. The molecule has 1 saturated heterocycles. The van der Waals surface area contributed by atoms with E-state index >= 15 is 0 Å². The zero-order valence-electron chi connectivity index (χ0n) is 11.2. The van der Waals surface area contributed by atoms with Crippen molar-refractivity contribution < 1.29 is 14.4 Å². The van der Waals surface area contributed by atoms with Crippen molar-refractivity contribution in [1.82, 2.24) is 4.90 Å². The van der Waals surface area contributed by atoms with Crippen LogP contribution in [-0.4, -0.2) is 34.8 Å². The molecule has 5 heteroatoms. The summed E-state index contributed by atoms with van der Waals surface area (Å²) < 4.78 is 5.60. The number of amides is 1. The fourth-order valence-electron chi connectivity index (χ4n) is 2.60. The normalized spacial score (nSPS) is 21.6. The molecule has 3 rings (SSSR count). The molecular weight excluding hydrogens is 256 g/mol. The zero-order valence-corrected chi connectivity index (χ0v) is 11.2. The molecule has 1 aromatic carbocycles. The summed E-state index contributed by atoms with van der Waals surface area (Å²) in [6.07, 6.45) is 0.601. The van der Waals surface area contributed by atoms with Crippen LogP contribution in [0.3, 0.4) is 0 Å². The number of para-hydroxylation sites is 1. The Hall–Kier alpha value is -2.30. The molecule has 0 saturated carbocycles. The molecule has 5 nitrogen and oxygen atoms in total. The van der Waals surface area contributed by atoms with Crippen LogP contribution in [0.2, 0.25) is 0 Å². The molecule has 1 N–H and O–H groups in total. The first-order chi connectivity index (χ1) is 9.69. The van der Waals surface area contributed by atoms with E-state index in [9.17, 15) is 4.79 Å². The van der Waals surface area contributed by atoms with Gasteiger partial charge in [-0.25, -0.2) is 0 Å². The maximum atomic E-state index is 12.4. The average molecular weight is 272 g/mol. The average Bonchev–Trinajstić information content (AvgIpc) is 2.90. The second-order valence-corrected chi connectivity index (χ2v) is 5.14. The van der Waals surface area contributed by atoms with Gasteiger partial charge in [-0.15, -0.1) is 0 Å². The topological polar surface area (TPSA) is 66.0 Å². The molecule has 0 spiro atoms. The number of rotatable bonds is 1. The number of carbonyl (C=O) groups excluding carboxylic acids is 1. The predicted molar refractivity (Wildman–Crippen MR) is 75.1 cm³/mol. The van der Waals surface area contributed by atoms with Crippen molar-refractivity contribution in [2.24, 2.45) is 11.1 Å². The van der Waals surface area contributed by atoms with E-state index in [0.29, 0.717) is 25.3 Å². The molecule has 2 heterocycles. The zero-order chi connectivity index (χ0) is 14.1. The third-order valence-electron chi connectivity index (χ3n) is 3.75. The van der Waals surface area contributed by atoms with Gasteiger partial charge in [0.05, 0.1) is 5.71 Å². The van der Waals surface area contributed by atoms with E-state index in [-0.39, 0.29) is 11.8 Å². The highest BCUT2D eigenvalue weighted by atomic mass is 16.4. The molecule has 1 atom stereocenters. The standard InChI is InChI=1S/C15H16N2O3/c1-10-9-17(7-6-12(10)16-19)15(18)14-8-11-4-2-3-5-13(11)20-14/h2-5,8,10,19H,6-7,9H2,1H3/b16-12+. The first-order valence-corrected chi connectivity index (χ1v) is 6.67. The van der Waals surface area contributed by atoms with Crippen LogP contribution < -0.4 is 0 Å². The maximum absolute atomic E-state index is 12.4. The Kier molecular flexibility index (Phi) is 3.18. The van der Waals surface area contributed by atoms with Crippen molar-refractivity contribution in [3.63, 3.8) is 0 Å². The van der Waals surface area contributed by atoms with E-state index in [4.69, 9.17) is 9.62 Å². The van der Waals surface area contributed by atoms with Crippen LogP contribution in [0.5, 0.6) is 0 Å². The molecule has 1 aromatic heterocycles. The van der Waals surface area contributed by atoms with Crippen LogP contribution in [-0.2, 0) is 0 Å². The lowest BCUT2D eigenvalue weighted by molar-refractivity contribution is 0.0704. The van der Waals surface area contributed by atoms with Crippen LogP contribution in [0.15, 0.2) is 39.9 Å². The van der Waals surface area contributed by atoms with Crippen molar-refractivity contribution in [2.45, 2.75) is 13.3 Å². The fraction of sp³-hybridized carbons (Fsp3) is 0.333. The minimum absolute atomic E-state index is 0.0714. The Balaban J connectivity index is 1.82. The Bertz CT molecular complexity index is 642. The van der Waals surface area contributed by atoms with Crippen LogP contribution in [0.25, 0.3) is 11.0 Å². The van der Waals surface area contributed by atoms with Gasteiger partial charge in [0.25, 0.3) is 5.91 Å². The van der Waals surface area contributed by atoms with Gasteiger partial charge in [-0.2, -0.15) is 0 Å².